The van der Waals surface area contributed by atoms with Crippen LogP contribution < -0.4 is 5.32 Å². The van der Waals surface area contributed by atoms with E-state index in [-0.39, 0.29) is 0 Å². The molecule has 0 spiro atoms. The van der Waals surface area contributed by atoms with Crippen LogP contribution in [0.4, 0.5) is 0 Å². The molecule has 0 aromatic carbocycles. The average Bonchev–Trinajstić information content (AvgIpc) is 2.86. The number of aromatic amines is 1. The van der Waals surface area contributed by atoms with Crippen LogP contribution in [0.25, 0.3) is 0 Å². The van der Waals surface area contributed by atoms with E-state index in [2.05, 4.69) is 34.5 Å². The quantitative estimate of drug-likeness (QED) is 0.775. The molecule has 2 unspecified atom stereocenters. The van der Waals surface area contributed by atoms with Crippen LogP contribution in [-0.2, 0) is 6.54 Å². The van der Waals surface area contributed by atoms with Gasteiger partial charge >= 0.3 is 0 Å². The van der Waals surface area contributed by atoms with Gasteiger partial charge in [0.1, 0.15) is 0 Å². The molecule has 1 aliphatic rings. The van der Waals surface area contributed by atoms with Gasteiger partial charge in [-0.3, -0.25) is 5.10 Å². The highest BCUT2D eigenvalue weighted by molar-refractivity contribution is 4.97. The third-order valence-corrected chi connectivity index (χ3v) is 3.27. The molecule has 0 amide bonds. The van der Waals surface area contributed by atoms with Gasteiger partial charge in [-0.25, -0.2) is 0 Å². The first-order chi connectivity index (χ1) is 7.25. The number of aromatic nitrogens is 2. The highest BCUT2D eigenvalue weighted by Gasteiger charge is 2.25. The maximum absolute atomic E-state index is 3.94. The number of H-pyrrole nitrogens is 1. The summed E-state index contributed by atoms with van der Waals surface area (Å²) in [5.41, 5.74) is 1.17. The molecule has 0 aliphatic heterocycles. The van der Waals surface area contributed by atoms with Crippen molar-refractivity contribution in [1.82, 2.24) is 20.4 Å². The third-order valence-electron chi connectivity index (χ3n) is 3.27. The highest BCUT2D eigenvalue weighted by atomic mass is 15.1. The number of nitrogens with zero attached hydrogens (tertiary/aromatic N) is 2. The Morgan fingerprint density at radius 3 is 3.00 bits per heavy atom. The molecule has 1 aromatic rings. The molecule has 0 radical (unpaired) electrons. The van der Waals surface area contributed by atoms with Gasteiger partial charge in [-0.1, -0.05) is 0 Å². The van der Waals surface area contributed by atoms with Gasteiger partial charge in [0, 0.05) is 30.5 Å². The van der Waals surface area contributed by atoms with Crippen molar-refractivity contribution in [2.75, 3.05) is 14.1 Å². The molecule has 1 saturated carbocycles. The normalized spacial score (nSPS) is 26.3. The molecule has 4 heteroatoms. The van der Waals surface area contributed by atoms with Crippen molar-refractivity contribution >= 4 is 0 Å². The van der Waals surface area contributed by atoms with E-state index in [1.165, 1.54) is 25.0 Å². The van der Waals surface area contributed by atoms with E-state index in [0.717, 1.165) is 12.6 Å². The summed E-state index contributed by atoms with van der Waals surface area (Å²) >= 11 is 0. The minimum absolute atomic E-state index is 0.667. The molecule has 2 rings (SSSR count). The smallest absolute Gasteiger partial charge is 0.0490 e. The fourth-order valence-corrected chi connectivity index (χ4v) is 2.25. The minimum atomic E-state index is 0.667. The first-order valence-electron chi connectivity index (χ1n) is 5.64. The lowest BCUT2D eigenvalue weighted by atomic mass is 10.2. The van der Waals surface area contributed by atoms with E-state index >= 15 is 0 Å². The Hall–Kier alpha value is -0.870. The van der Waals surface area contributed by atoms with Crippen LogP contribution in [0.2, 0.25) is 0 Å². The Kier molecular flexibility index (Phi) is 3.38. The molecule has 2 N–H and O–H groups in total. The van der Waals surface area contributed by atoms with Crippen molar-refractivity contribution in [3.63, 3.8) is 0 Å². The topological polar surface area (TPSA) is 44.0 Å². The lowest BCUT2D eigenvalue weighted by Crippen LogP contribution is -2.30. The van der Waals surface area contributed by atoms with E-state index in [4.69, 9.17) is 0 Å². The molecule has 0 saturated heterocycles. The van der Waals surface area contributed by atoms with Crippen LogP contribution in [-0.4, -0.2) is 41.3 Å². The van der Waals surface area contributed by atoms with Crippen LogP contribution in [0, 0.1) is 0 Å². The molecule has 1 aromatic heterocycles. The Bertz CT molecular complexity index is 281. The molecule has 15 heavy (non-hydrogen) atoms. The van der Waals surface area contributed by atoms with Crippen molar-refractivity contribution in [3.05, 3.63) is 18.0 Å². The molecule has 0 bridgehead atoms. The van der Waals surface area contributed by atoms with Gasteiger partial charge < -0.3 is 10.2 Å². The Labute approximate surface area is 91.1 Å². The molecule has 1 aliphatic carbocycles. The number of hydrogen-bond acceptors (Lipinski definition) is 3. The van der Waals surface area contributed by atoms with Crippen LogP contribution >= 0.6 is 0 Å². The van der Waals surface area contributed by atoms with E-state index in [9.17, 15) is 0 Å². The van der Waals surface area contributed by atoms with Gasteiger partial charge in [0.25, 0.3) is 0 Å². The highest BCUT2D eigenvalue weighted by Crippen LogP contribution is 2.22. The third kappa shape index (κ3) is 2.79. The predicted octanol–water partition coefficient (Wildman–Crippen LogP) is 0.982. The first-order valence-corrected chi connectivity index (χ1v) is 5.64. The van der Waals surface area contributed by atoms with Crippen LogP contribution in [0.5, 0.6) is 0 Å². The first kappa shape index (κ1) is 10.6. The van der Waals surface area contributed by atoms with Gasteiger partial charge in [-0.15, -0.1) is 0 Å². The molecule has 1 fully saturated rings. The zero-order chi connectivity index (χ0) is 10.7. The number of hydrogen-bond donors (Lipinski definition) is 2. The van der Waals surface area contributed by atoms with E-state index in [0.29, 0.717) is 6.04 Å². The summed E-state index contributed by atoms with van der Waals surface area (Å²) < 4.78 is 0. The summed E-state index contributed by atoms with van der Waals surface area (Å²) in [6.07, 6.45) is 5.67. The Morgan fingerprint density at radius 2 is 2.40 bits per heavy atom. The molecular weight excluding hydrogens is 188 g/mol. The molecule has 1 heterocycles. The van der Waals surface area contributed by atoms with Crippen LogP contribution in [0.15, 0.2) is 12.3 Å². The summed E-state index contributed by atoms with van der Waals surface area (Å²) in [6.45, 7) is 0.908. The van der Waals surface area contributed by atoms with Crippen LogP contribution in [0.1, 0.15) is 25.0 Å². The van der Waals surface area contributed by atoms with Crippen molar-refractivity contribution in [3.8, 4) is 0 Å². The SMILES string of the molecule is CN(C)C1CCC(NCc2ccn[nH]2)C1. The van der Waals surface area contributed by atoms with Gasteiger partial charge in [-0.05, 0) is 39.4 Å². The molecule has 4 nitrogen and oxygen atoms in total. The fourth-order valence-electron chi connectivity index (χ4n) is 2.25. The second-order valence-electron chi connectivity index (χ2n) is 4.59. The van der Waals surface area contributed by atoms with E-state index in [1.54, 1.807) is 6.20 Å². The standard InChI is InChI=1S/C11H20N4/c1-15(2)11-4-3-9(7-11)12-8-10-5-6-13-14-10/h5-6,9,11-12H,3-4,7-8H2,1-2H3,(H,13,14). The maximum atomic E-state index is 3.94. The van der Waals surface area contributed by atoms with Crippen molar-refractivity contribution < 1.29 is 0 Å². The summed E-state index contributed by atoms with van der Waals surface area (Å²) in [5.74, 6) is 0. The summed E-state index contributed by atoms with van der Waals surface area (Å²) in [4.78, 5) is 2.33. The van der Waals surface area contributed by atoms with Crippen LogP contribution in [0.3, 0.4) is 0 Å². The molecular formula is C11H20N4. The second-order valence-corrected chi connectivity index (χ2v) is 4.59. The Balaban J connectivity index is 1.73. The zero-order valence-electron chi connectivity index (χ0n) is 9.53. The minimum Gasteiger partial charge on any atom is -0.308 e. The number of rotatable bonds is 4. The molecule has 2 atom stereocenters. The fraction of sp³-hybridized carbons (Fsp3) is 0.727. The maximum Gasteiger partial charge on any atom is 0.0490 e. The zero-order valence-corrected chi connectivity index (χ0v) is 9.53. The number of nitrogens with one attached hydrogen (secondary N) is 2. The average molecular weight is 208 g/mol. The summed E-state index contributed by atoms with van der Waals surface area (Å²) in [7, 11) is 4.34. The predicted molar refractivity (Wildman–Crippen MR) is 60.5 cm³/mol. The largest absolute Gasteiger partial charge is 0.308 e. The lowest BCUT2D eigenvalue weighted by Gasteiger charge is -2.19. The summed E-state index contributed by atoms with van der Waals surface area (Å²) in [5, 5.41) is 10.5. The van der Waals surface area contributed by atoms with Gasteiger partial charge in [0.05, 0.1) is 0 Å². The lowest BCUT2D eigenvalue weighted by molar-refractivity contribution is 0.293. The summed E-state index contributed by atoms with van der Waals surface area (Å²) in [6, 6.07) is 3.44. The van der Waals surface area contributed by atoms with Gasteiger partial charge in [0.15, 0.2) is 0 Å². The van der Waals surface area contributed by atoms with Gasteiger partial charge in [0.2, 0.25) is 0 Å². The monoisotopic (exact) mass is 208 g/mol. The van der Waals surface area contributed by atoms with Crippen molar-refractivity contribution in [2.45, 2.75) is 37.9 Å². The second kappa shape index (κ2) is 4.77. The van der Waals surface area contributed by atoms with E-state index < -0.39 is 0 Å². The van der Waals surface area contributed by atoms with Crippen molar-refractivity contribution in [2.24, 2.45) is 0 Å². The van der Waals surface area contributed by atoms with Gasteiger partial charge in [-0.2, -0.15) is 5.10 Å². The molecule has 84 valence electrons. The van der Waals surface area contributed by atoms with E-state index in [1.807, 2.05) is 6.07 Å². The Morgan fingerprint density at radius 1 is 1.53 bits per heavy atom. The van der Waals surface area contributed by atoms with Crippen molar-refractivity contribution in [1.29, 1.82) is 0 Å².